The molecule has 1 heterocycles. The summed E-state index contributed by atoms with van der Waals surface area (Å²) in [6, 6.07) is 0. The molecule has 0 radical (unpaired) electrons. The summed E-state index contributed by atoms with van der Waals surface area (Å²) in [5.74, 6) is 0.161. The zero-order valence-electron chi connectivity index (χ0n) is 13.7. The van der Waals surface area contributed by atoms with Gasteiger partial charge in [0.2, 0.25) is 0 Å². The molecule has 3 atom stereocenters. The number of likely N-dealkylation sites (tertiary alicyclic amines) is 1. The molecule has 1 saturated heterocycles. The highest BCUT2D eigenvalue weighted by Gasteiger charge is 2.33. The van der Waals surface area contributed by atoms with Crippen LogP contribution in [0.3, 0.4) is 0 Å². The van der Waals surface area contributed by atoms with E-state index in [9.17, 15) is 20.4 Å². The van der Waals surface area contributed by atoms with Crippen molar-refractivity contribution in [1.82, 2.24) is 4.90 Å². The van der Waals surface area contributed by atoms with Crippen molar-refractivity contribution in [3.05, 3.63) is 0 Å². The molecule has 1 rings (SSSR count). The van der Waals surface area contributed by atoms with Gasteiger partial charge < -0.3 is 25.2 Å². The first-order valence-corrected chi connectivity index (χ1v) is 8.44. The molecule has 0 aromatic carbocycles. The fourth-order valence-corrected chi connectivity index (χ4v) is 3.04. The summed E-state index contributed by atoms with van der Waals surface area (Å²) in [6.45, 7) is 2.30. The molecular formula is C16H33NO5. The van der Waals surface area contributed by atoms with E-state index < -0.39 is 18.3 Å². The fourth-order valence-electron chi connectivity index (χ4n) is 3.04. The Morgan fingerprint density at radius 3 is 2.18 bits per heavy atom. The Kier molecular flexibility index (Phi) is 10.2. The van der Waals surface area contributed by atoms with Crippen molar-refractivity contribution in [3.63, 3.8) is 0 Å². The number of nitrogens with zero attached hydrogens (tertiary/aromatic N) is 1. The number of ether oxygens (including phenoxy) is 1. The summed E-state index contributed by atoms with van der Waals surface area (Å²) in [6.07, 6.45) is 3.78. The van der Waals surface area contributed by atoms with Crippen molar-refractivity contribution in [2.75, 3.05) is 40.0 Å². The van der Waals surface area contributed by atoms with E-state index in [1.54, 1.807) is 7.11 Å². The van der Waals surface area contributed by atoms with Crippen LogP contribution in [0.4, 0.5) is 0 Å². The molecule has 2 unspecified atom stereocenters. The van der Waals surface area contributed by atoms with Crippen LogP contribution in [0.25, 0.3) is 0 Å². The molecule has 6 heteroatoms. The maximum Gasteiger partial charge on any atom is 0.108 e. The number of rotatable bonds is 11. The predicted octanol–water partition coefficient (Wildman–Crippen LogP) is -0.0198. The predicted molar refractivity (Wildman–Crippen MR) is 84.6 cm³/mol. The minimum absolute atomic E-state index is 0.120. The second-order valence-corrected chi connectivity index (χ2v) is 6.44. The molecule has 22 heavy (non-hydrogen) atoms. The van der Waals surface area contributed by atoms with Crippen LogP contribution in [0.2, 0.25) is 0 Å². The lowest BCUT2D eigenvalue weighted by atomic mass is 9.97. The Bertz CT molecular complexity index is 267. The van der Waals surface area contributed by atoms with Crippen LogP contribution in [0.15, 0.2) is 0 Å². The van der Waals surface area contributed by atoms with Crippen molar-refractivity contribution in [3.8, 4) is 0 Å². The quantitative estimate of drug-likeness (QED) is 0.400. The molecule has 1 aliphatic heterocycles. The molecule has 1 aliphatic rings. The minimum atomic E-state index is -1.06. The summed E-state index contributed by atoms with van der Waals surface area (Å²) < 4.78 is 5.02. The second-order valence-electron chi connectivity index (χ2n) is 6.44. The van der Waals surface area contributed by atoms with Crippen LogP contribution in [0, 0.1) is 5.92 Å². The van der Waals surface area contributed by atoms with Crippen LogP contribution in [-0.2, 0) is 4.74 Å². The molecule has 0 aliphatic carbocycles. The first kappa shape index (κ1) is 19.8. The van der Waals surface area contributed by atoms with E-state index in [1.807, 2.05) is 4.90 Å². The molecule has 0 aromatic heterocycles. The SMILES string of the molecule is COCCCCCCC[C@@H](CO)CN1CC(O)C(O)C(O)C1. The standard InChI is InChI=1S/C16H33NO5/c1-22-8-6-4-2-3-5-7-13(12-18)9-17-10-14(19)16(21)15(20)11-17/h13-16,18-21H,2-12H2,1H3/t13-,14?,15?,16?/m1/s1. The van der Waals surface area contributed by atoms with Gasteiger partial charge in [-0.15, -0.1) is 0 Å². The highest BCUT2D eigenvalue weighted by atomic mass is 16.5. The first-order chi connectivity index (χ1) is 10.6. The summed E-state index contributed by atoms with van der Waals surface area (Å²) in [5.41, 5.74) is 0. The third kappa shape index (κ3) is 7.35. The van der Waals surface area contributed by atoms with E-state index in [0.717, 1.165) is 32.3 Å². The van der Waals surface area contributed by atoms with Gasteiger partial charge in [-0.05, 0) is 18.8 Å². The molecule has 6 nitrogen and oxygen atoms in total. The van der Waals surface area contributed by atoms with Crippen molar-refractivity contribution in [2.45, 2.75) is 56.8 Å². The van der Waals surface area contributed by atoms with Crippen LogP contribution >= 0.6 is 0 Å². The van der Waals surface area contributed by atoms with Crippen molar-refractivity contribution < 1.29 is 25.2 Å². The van der Waals surface area contributed by atoms with Crippen LogP contribution in [-0.4, -0.2) is 83.6 Å². The van der Waals surface area contributed by atoms with Crippen LogP contribution in [0.1, 0.15) is 38.5 Å². The number of β-amino-alcohol motifs (C(OH)–C–C–N with tert-alkyl or cyclic N) is 2. The molecule has 0 amide bonds. The molecule has 0 spiro atoms. The Balaban J connectivity index is 2.16. The van der Waals surface area contributed by atoms with Gasteiger partial charge >= 0.3 is 0 Å². The van der Waals surface area contributed by atoms with Crippen molar-refractivity contribution >= 4 is 0 Å². The van der Waals surface area contributed by atoms with Gasteiger partial charge in [0, 0.05) is 40.0 Å². The van der Waals surface area contributed by atoms with Gasteiger partial charge in [-0.1, -0.05) is 25.7 Å². The van der Waals surface area contributed by atoms with Gasteiger partial charge in [0.15, 0.2) is 0 Å². The zero-order chi connectivity index (χ0) is 16.4. The maximum atomic E-state index is 9.70. The Hall–Kier alpha value is -0.240. The molecule has 0 saturated carbocycles. The van der Waals surface area contributed by atoms with Crippen molar-refractivity contribution in [2.24, 2.45) is 5.92 Å². The zero-order valence-corrected chi connectivity index (χ0v) is 13.7. The van der Waals surface area contributed by atoms with E-state index in [-0.39, 0.29) is 12.5 Å². The van der Waals surface area contributed by atoms with E-state index >= 15 is 0 Å². The smallest absolute Gasteiger partial charge is 0.108 e. The van der Waals surface area contributed by atoms with Gasteiger partial charge in [0.25, 0.3) is 0 Å². The number of hydrogen-bond donors (Lipinski definition) is 4. The van der Waals surface area contributed by atoms with Gasteiger partial charge in [-0.2, -0.15) is 0 Å². The average molecular weight is 319 g/mol. The number of piperidine rings is 1. The maximum absolute atomic E-state index is 9.70. The number of aliphatic hydroxyl groups is 4. The largest absolute Gasteiger partial charge is 0.396 e. The second kappa shape index (κ2) is 11.3. The highest BCUT2D eigenvalue weighted by Crippen LogP contribution is 2.17. The molecule has 0 aromatic rings. The third-order valence-corrected chi connectivity index (χ3v) is 4.41. The fraction of sp³-hybridized carbons (Fsp3) is 1.00. The van der Waals surface area contributed by atoms with Gasteiger partial charge in [0.1, 0.15) is 6.10 Å². The lowest BCUT2D eigenvalue weighted by Crippen LogP contribution is -2.56. The molecular weight excluding hydrogens is 286 g/mol. The Labute approximate surface area is 133 Å². The van der Waals surface area contributed by atoms with E-state index in [2.05, 4.69) is 0 Å². The summed E-state index contributed by atoms with van der Waals surface area (Å²) >= 11 is 0. The van der Waals surface area contributed by atoms with E-state index in [1.165, 1.54) is 12.8 Å². The Morgan fingerprint density at radius 2 is 1.59 bits per heavy atom. The van der Waals surface area contributed by atoms with Gasteiger partial charge in [0.05, 0.1) is 12.2 Å². The molecule has 132 valence electrons. The summed E-state index contributed by atoms with van der Waals surface area (Å²) in [7, 11) is 1.72. The lowest BCUT2D eigenvalue weighted by molar-refractivity contribution is -0.112. The van der Waals surface area contributed by atoms with Crippen LogP contribution < -0.4 is 0 Å². The Morgan fingerprint density at radius 1 is 1.00 bits per heavy atom. The minimum Gasteiger partial charge on any atom is -0.396 e. The lowest BCUT2D eigenvalue weighted by Gasteiger charge is -2.38. The molecule has 1 fully saturated rings. The van der Waals surface area contributed by atoms with E-state index in [4.69, 9.17) is 4.74 Å². The van der Waals surface area contributed by atoms with Crippen molar-refractivity contribution in [1.29, 1.82) is 0 Å². The normalized spacial score (nSPS) is 28.0. The first-order valence-electron chi connectivity index (χ1n) is 8.44. The van der Waals surface area contributed by atoms with Gasteiger partial charge in [-0.3, -0.25) is 4.90 Å². The number of methoxy groups -OCH3 is 1. The van der Waals surface area contributed by atoms with Gasteiger partial charge in [-0.25, -0.2) is 0 Å². The topological polar surface area (TPSA) is 93.4 Å². The number of unbranched alkanes of at least 4 members (excludes halogenated alkanes) is 4. The number of hydrogen-bond acceptors (Lipinski definition) is 6. The number of aliphatic hydroxyl groups excluding tert-OH is 4. The average Bonchev–Trinajstić information content (AvgIpc) is 2.50. The van der Waals surface area contributed by atoms with E-state index in [0.29, 0.717) is 19.6 Å². The molecule has 4 N–H and O–H groups in total. The van der Waals surface area contributed by atoms with Crippen LogP contribution in [0.5, 0.6) is 0 Å². The highest BCUT2D eigenvalue weighted by molar-refractivity contribution is 4.87. The third-order valence-electron chi connectivity index (χ3n) is 4.41. The molecule has 0 bridgehead atoms. The summed E-state index contributed by atoms with van der Waals surface area (Å²) in [5, 5.41) is 38.4. The monoisotopic (exact) mass is 319 g/mol. The summed E-state index contributed by atoms with van der Waals surface area (Å²) in [4.78, 5) is 1.93.